The van der Waals surface area contributed by atoms with E-state index in [9.17, 15) is 4.79 Å². The number of carbonyl (C=O) groups excluding carboxylic acids is 1. The molecular formula is C20H27N5O2. The molecular weight excluding hydrogens is 342 g/mol. The molecule has 0 aliphatic rings. The topological polar surface area (TPSA) is 74.0 Å². The molecule has 0 saturated carbocycles. The van der Waals surface area contributed by atoms with E-state index >= 15 is 0 Å². The zero-order chi connectivity index (χ0) is 19.7. The molecule has 1 atom stereocenters. The zero-order valence-electron chi connectivity index (χ0n) is 16.8. The molecule has 0 saturated heterocycles. The molecule has 27 heavy (non-hydrogen) atoms. The van der Waals surface area contributed by atoms with Crippen LogP contribution in [0, 0.1) is 19.8 Å². The molecule has 144 valence electrons. The summed E-state index contributed by atoms with van der Waals surface area (Å²) in [6.07, 6.45) is -0.685. The van der Waals surface area contributed by atoms with Gasteiger partial charge in [0.05, 0.1) is 28.0 Å². The number of ether oxygens (including phenoxy) is 1. The predicted molar refractivity (Wildman–Crippen MR) is 106 cm³/mol. The van der Waals surface area contributed by atoms with Gasteiger partial charge in [0.1, 0.15) is 0 Å². The summed E-state index contributed by atoms with van der Waals surface area (Å²) in [6.45, 7) is 10.7. The third-order valence-corrected chi connectivity index (χ3v) is 4.55. The highest BCUT2D eigenvalue weighted by atomic mass is 16.5. The van der Waals surface area contributed by atoms with Gasteiger partial charge in [0.15, 0.2) is 6.10 Å². The Kier molecular flexibility index (Phi) is 5.21. The Morgan fingerprint density at radius 1 is 1.19 bits per heavy atom. The van der Waals surface area contributed by atoms with Crippen LogP contribution < -0.4 is 10.1 Å². The Bertz CT molecular complexity index is 970. The summed E-state index contributed by atoms with van der Waals surface area (Å²) in [5.41, 5.74) is 3.46. The van der Waals surface area contributed by atoms with E-state index < -0.39 is 6.10 Å². The van der Waals surface area contributed by atoms with Gasteiger partial charge in [-0.05, 0) is 38.8 Å². The number of anilines is 1. The van der Waals surface area contributed by atoms with Crippen LogP contribution in [0.15, 0.2) is 24.3 Å². The Balaban J connectivity index is 1.75. The van der Waals surface area contributed by atoms with E-state index in [1.54, 1.807) is 11.6 Å². The first kappa shape index (κ1) is 18.9. The molecule has 2 aromatic heterocycles. The number of para-hydroxylation sites is 1. The molecule has 0 radical (unpaired) electrons. The van der Waals surface area contributed by atoms with Crippen molar-refractivity contribution in [3.05, 3.63) is 35.7 Å². The van der Waals surface area contributed by atoms with Crippen LogP contribution >= 0.6 is 0 Å². The van der Waals surface area contributed by atoms with E-state index in [4.69, 9.17) is 4.74 Å². The number of hydrogen-bond acceptors (Lipinski definition) is 4. The summed E-state index contributed by atoms with van der Waals surface area (Å²) >= 11 is 0. The standard InChI is InChI=1S/C20H27N5O2/c1-12(2)11-25-14(4)18(13(3)22-25)21-19(26)15(5)27-20-16-9-7-8-10-17(16)24(6)23-20/h7-10,12,15H,11H2,1-6H3,(H,21,26). The fourth-order valence-corrected chi connectivity index (χ4v) is 3.11. The molecule has 3 aromatic rings. The molecule has 1 N–H and O–H groups in total. The van der Waals surface area contributed by atoms with Gasteiger partial charge in [-0.1, -0.05) is 26.0 Å². The van der Waals surface area contributed by atoms with E-state index in [1.807, 2.05) is 49.8 Å². The SMILES string of the molecule is Cc1nn(CC(C)C)c(C)c1NC(=O)C(C)Oc1nn(C)c2ccccc12. The van der Waals surface area contributed by atoms with E-state index in [2.05, 4.69) is 29.4 Å². The number of aryl methyl sites for hydroxylation is 2. The Hall–Kier alpha value is -2.83. The van der Waals surface area contributed by atoms with Crippen LogP contribution in [0.2, 0.25) is 0 Å². The molecule has 1 unspecified atom stereocenters. The van der Waals surface area contributed by atoms with E-state index in [1.165, 1.54) is 0 Å². The maximum Gasteiger partial charge on any atom is 0.265 e. The van der Waals surface area contributed by atoms with Crippen molar-refractivity contribution in [1.29, 1.82) is 0 Å². The van der Waals surface area contributed by atoms with Crippen LogP contribution in [0.5, 0.6) is 5.88 Å². The van der Waals surface area contributed by atoms with Gasteiger partial charge in [0.25, 0.3) is 5.91 Å². The minimum Gasteiger partial charge on any atom is -0.463 e. The van der Waals surface area contributed by atoms with Gasteiger partial charge in [-0.25, -0.2) is 0 Å². The summed E-state index contributed by atoms with van der Waals surface area (Å²) in [5, 5.41) is 12.8. The van der Waals surface area contributed by atoms with E-state index in [0.717, 1.165) is 34.5 Å². The molecule has 7 heteroatoms. The molecule has 1 aromatic carbocycles. The van der Waals surface area contributed by atoms with Crippen LogP contribution in [0.4, 0.5) is 5.69 Å². The highest BCUT2D eigenvalue weighted by molar-refractivity contribution is 5.95. The average molecular weight is 369 g/mol. The Morgan fingerprint density at radius 2 is 1.89 bits per heavy atom. The zero-order valence-corrected chi connectivity index (χ0v) is 16.8. The maximum absolute atomic E-state index is 12.7. The molecule has 2 heterocycles. The molecule has 1 amide bonds. The van der Waals surface area contributed by atoms with Gasteiger partial charge >= 0.3 is 0 Å². The fourth-order valence-electron chi connectivity index (χ4n) is 3.11. The summed E-state index contributed by atoms with van der Waals surface area (Å²) in [7, 11) is 1.86. The molecule has 7 nitrogen and oxygen atoms in total. The lowest BCUT2D eigenvalue weighted by molar-refractivity contribution is -0.122. The van der Waals surface area contributed by atoms with Gasteiger partial charge in [-0.2, -0.15) is 5.10 Å². The maximum atomic E-state index is 12.7. The number of benzene rings is 1. The Morgan fingerprint density at radius 3 is 2.59 bits per heavy atom. The lowest BCUT2D eigenvalue weighted by Crippen LogP contribution is -2.30. The fraction of sp³-hybridized carbons (Fsp3) is 0.450. The van der Waals surface area contributed by atoms with Crippen molar-refractivity contribution < 1.29 is 9.53 Å². The predicted octanol–water partition coefficient (Wildman–Crippen LogP) is 3.45. The van der Waals surface area contributed by atoms with E-state index in [-0.39, 0.29) is 5.91 Å². The van der Waals surface area contributed by atoms with Crippen LogP contribution in [0.25, 0.3) is 10.9 Å². The smallest absolute Gasteiger partial charge is 0.265 e. The first-order valence-corrected chi connectivity index (χ1v) is 9.21. The third kappa shape index (κ3) is 3.82. The highest BCUT2D eigenvalue weighted by Gasteiger charge is 2.21. The Labute approximate surface area is 159 Å². The number of fused-ring (bicyclic) bond motifs is 1. The van der Waals surface area contributed by atoms with Gasteiger partial charge in [-0.15, -0.1) is 5.10 Å². The van der Waals surface area contributed by atoms with Crippen LogP contribution in [0.3, 0.4) is 0 Å². The molecule has 0 aliphatic heterocycles. The first-order valence-electron chi connectivity index (χ1n) is 9.21. The van der Waals surface area contributed by atoms with Gasteiger partial charge in [0, 0.05) is 13.6 Å². The van der Waals surface area contributed by atoms with Crippen molar-refractivity contribution in [3.8, 4) is 5.88 Å². The van der Waals surface area contributed by atoms with Gasteiger partial charge < -0.3 is 10.1 Å². The minimum absolute atomic E-state index is 0.222. The van der Waals surface area contributed by atoms with E-state index in [0.29, 0.717) is 11.8 Å². The molecule has 0 spiro atoms. The number of nitrogens with zero attached hydrogens (tertiary/aromatic N) is 4. The highest BCUT2D eigenvalue weighted by Crippen LogP contribution is 2.25. The number of amides is 1. The lowest BCUT2D eigenvalue weighted by Gasteiger charge is -2.14. The molecule has 3 rings (SSSR count). The molecule has 0 bridgehead atoms. The number of nitrogens with one attached hydrogen (secondary N) is 1. The quantitative estimate of drug-likeness (QED) is 0.722. The second-order valence-corrected chi connectivity index (χ2v) is 7.32. The molecule has 0 aliphatic carbocycles. The second-order valence-electron chi connectivity index (χ2n) is 7.32. The average Bonchev–Trinajstić information content (AvgIpc) is 3.06. The van der Waals surface area contributed by atoms with Crippen molar-refractivity contribution in [3.63, 3.8) is 0 Å². The molecule has 0 fully saturated rings. The van der Waals surface area contributed by atoms with Crippen molar-refractivity contribution in [2.45, 2.75) is 47.3 Å². The number of carbonyl (C=O) groups is 1. The van der Waals surface area contributed by atoms with Crippen molar-refractivity contribution in [2.75, 3.05) is 5.32 Å². The first-order chi connectivity index (χ1) is 12.8. The summed E-state index contributed by atoms with van der Waals surface area (Å²) < 4.78 is 9.55. The number of hydrogen-bond donors (Lipinski definition) is 1. The largest absolute Gasteiger partial charge is 0.463 e. The number of rotatable bonds is 6. The second kappa shape index (κ2) is 7.42. The van der Waals surface area contributed by atoms with Gasteiger partial charge in [-0.3, -0.25) is 14.2 Å². The monoisotopic (exact) mass is 369 g/mol. The summed E-state index contributed by atoms with van der Waals surface area (Å²) in [6, 6.07) is 7.78. The lowest BCUT2D eigenvalue weighted by atomic mass is 10.2. The minimum atomic E-state index is -0.685. The van der Waals surface area contributed by atoms with Crippen LogP contribution in [0.1, 0.15) is 32.2 Å². The summed E-state index contributed by atoms with van der Waals surface area (Å²) in [4.78, 5) is 12.7. The number of aromatic nitrogens is 4. The third-order valence-electron chi connectivity index (χ3n) is 4.55. The van der Waals surface area contributed by atoms with Crippen molar-refractivity contribution in [2.24, 2.45) is 13.0 Å². The van der Waals surface area contributed by atoms with Gasteiger partial charge in [0.2, 0.25) is 5.88 Å². The van der Waals surface area contributed by atoms with Crippen molar-refractivity contribution >= 4 is 22.5 Å². The van der Waals surface area contributed by atoms with Crippen molar-refractivity contribution in [1.82, 2.24) is 19.6 Å². The normalized spacial score (nSPS) is 12.6. The summed E-state index contributed by atoms with van der Waals surface area (Å²) in [5.74, 6) is 0.714. The van der Waals surface area contributed by atoms with Crippen LogP contribution in [-0.2, 0) is 18.4 Å². The van der Waals surface area contributed by atoms with Crippen LogP contribution in [-0.4, -0.2) is 31.6 Å².